The van der Waals surface area contributed by atoms with Crippen molar-refractivity contribution >= 4 is 0 Å². The normalized spacial score (nSPS) is 11.3. The highest BCUT2D eigenvalue weighted by Crippen LogP contribution is 1.94. The Labute approximate surface area is 56.7 Å². The third kappa shape index (κ3) is 5.31. The summed E-state index contributed by atoms with van der Waals surface area (Å²) in [7, 11) is 0. The second kappa shape index (κ2) is 4.33. The van der Waals surface area contributed by atoms with Crippen LogP contribution < -0.4 is 0 Å². The Morgan fingerprint density at radius 3 is 2.11 bits per heavy atom. The Hall–Kier alpha value is -0.560. The third-order valence-electron chi connectivity index (χ3n) is 0.951. The van der Waals surface area contributed by atoms with E-state index in [1.165, 1.54) is 5.57 Å². The van der Waals surface area contributed by atoms with E-state index in [0.29, 0.717) is 0 Å². The quantitative estimate of drug-likeness (QED) is 0.560. The van der Waals surface area contributed by atoms with E-state index in [-0.39, 0.29) is 6.61 Å². The van der Waals surface area contributed by atoms with E-state index in [1.807, 2.05) is 32.9 Å². The Balaban J connectivity index is 3.83. The van der Waals surface area contributed by atoms with Crippen LogP contribution in [0.5, 0.6) is 0 Å². The van der Waals surface area contributed by atoms with Crippen molar-refractivity contribution in [2.24, 2.45) is 0 Å². The molecule has 0 aromatic rings. The Bertz CT molecular complexity index is 128. The monoisotopic (exact) mass is 126 g/mol. The molecule has 0 radical (unpaired) electrons. The molecule has 0 heterocycles. The summed E-state index contributed by atoms with van der Waals surface area (Å²) >= 11 is 0. The lowest BCUT2D eigenvalue weighted by molar-refractivity contribution is 0.331. The second-order valence-electron chi connectivity index (χ2n) is 2.42. The lowest BCUT2D eigenvalue weighted by Gasteiger charge is -1.89. The molecule has 0 unspecified atom stereocenters. The number of aliphatic hydroxyl groups excluding tert-OH is 1. The van der Waals surface area contributed by atoms with Crippen molar-refractivity contribution < 1.29 is 5.11 Å². The van der Waals surface area contributed by atoms with Crippen molar-refractivity contribution in [2.75, 3.05) is 6.61 Å². The van der Waals surface area contributed by atoms with Gasteiger partial charge in [0, 0.05) is 0 Å². The average molecular weight is 126 g/mol. The van der Waals surface area contributed by atoms with Crippen molar-refractivity contribution in [3.63, 3.8) is 0 Å². The highest BCUT2D eigenvalue weighted by Gasteiger charge is 1.79. The minimum Gasteiger partial charge on any atom is -0.392 e. The van der Waals surface area contributed by atoms with Crippen molar-refractivity contribution in [2.45, 2.75) is 20.8 Å². The lowest BCUT2D eigenvalue weighted by Crippen LogP contribution is -1.81. The number of hydrogen-bond donors (Lipinski definition) is 1. The zero-order valence-electron chi connectivity index (χ0n) is 6.31. The van der Waals surface area contributed by atoms with E-state index in [4.69, 9.17) is 5.11 Å². The molecule has 9 heavy (non-hydrogen) atoms. The summed E-state index contributed by atoms with van der Waals surface area (Å²) in [5.41, 5.74) is 2.25. The van der Waals surface area contributed by atoms with Crippen LogP contribution >= 0.6 is 0 Å². The summed E-state index contributed by atoms with van der Waals surface area (Å²) in [5, 5.41) is 8.55. The number of aliphatic hydroxyl groups is 1. The molecule has 0 atom stereocenters. The van der Waals surface area contributed by atoms with Crippen molar-refractivity contribution in [3.8, 4) is 0 Å². The molecule has 0 aromatic carbocycles. The molecule has 0 spiro atoms. The summed E-state index contributed by atoms with van der Waals surface area (Å²) in [6.45, 7) is 6.12. The molecule has 0 saturated carbocycles. The first-order chi connectivity index (χ1) is 4.16. The van der Waals surface area contributed by atoms with Gasteiger partial charge >= 0.3 is 0 Å². The van der Waals surface area contributed by atoms with Gasteiger partial charge in [0.05, 0.1) is 6.61 Å². The van der Waals surface area contributed by atoms with E-state index in [2.05, 4.69) is 0 Å². The molecule has 52 valence electrons. The minimum absolute atomic E-state index is 0.157. The van der Waals surface area contributed by atoms with Crippen LogP contribution in [-0.4, -0.2) is 11.7 Å². The van der Waals surface area contributed by atoms with Gasteiger partial charge in [0.25, 0.3) is 0 Å². The lowest BCUT2D eigenvalue weighted by atomic mass is 10.2. The van der Waals surface area contributed by atoms with Gasteiger partial charge in [0.2, 0.25) is 0 Å². The van der Waals surface area contributed by atoms with Gasteiger partial charge in [-0.3, -0.25) is 0 Å². The van der Waals surface area contributed by atoms with Crippen molar-refractivity contribution in [1.82, 2.24) is 0 Å². The molecular weight excluding hydrogens is 112 g/mol. The molecule has 0 saturated heterocycles. The fraction of sp³-hybridized carbons (Fsp3) is 0.500. The predicted molar refractivity (Wildman–Crippen MR) is 40.3 cm³/mol. The fourth-order valence-corrected chi connectivity index (χ4v) is 0.362. The molecule has 0 fully saturated rings. The molecule has 0 aliphatic carbocycles. The molecule has 0 rings (SSSR count). The molecular formula is C8H14O. The van der Waals surface area contributed by atoms with Gasteiger partial charge in [-0.05, 0) is 26.3 Å². The summed E-state index contributed by atoms with van der Waals surface area (Å²) in [6.07, 6.45) is 3.92. The molecule has 1 nitrogen and oxygen atoms in total. The summed E-state index contributed by atoms with van der Waals surface area (Å²) in [6, 6.07) is 0. The van der Waals surface area contributed by atoms with Gasteiger partial charge in [-0.15, -0.1) is 0 Å². The number of allylic oxidation sites excluding steroid dienone is 3. The first-order valence-corrected chi connectivity index (χ1v) is 3.08. The van der Waals surface area contributed by atoms with Crippen LogP contribution in [-0.2, 0) is 0 Å². The number of rotatable bonds is 2. The SMILES string of the molecule is CC(C)=CC=C(C)CO. The van der Waals surface area contributed by atoms with Crippen LogP contribution in [0.3, 0.4) is 0 Å². The van der Waals surface area contributed by atoms with Crippen LogP contribution in [0.25, 0.3) is 0 Å². The minimum atomic E-state index is 0.157. The van der Waals surface area contributed by atoms with E-state index < -0.39 is 0 Å². The topological polar surface area (TPSA) is 20.2 Å². The maximum atomic E-state index is 8.55. The number of hydrogen-bond acceptors (Lipinski definition) is 1. The molecule has 0 bridgehead atoms. The van der Waals surface area contributed by atoms with Gasteiger partial charge in [-0.25, -0.2) is 0 Å². The van der Waals surface area contributed by atoms with Gasteiger partial charge in [0.15, 0.2) is 0 Å². The molecule has 0 amide bonds. The van der Waals surface area contributed by atoms with Gasteiger partial charge in [-0.1, -0.05) is 17.7 Å². The Morgan fingerprint density at radius 2 is 1.78 bits per heavy atom. The van der Waals surface area contributed by atoms with Crippen LogP contribution in [0.4, 0.5) is 0 Å². The maximum absolute atomic E-state index is 8.55. The second-order valence-corrected chi connectivity index (χ2v) is 2.42. The van der Waals surface area contributed by atoms with E-state index in [1.54, 1.807) is 0 Å². The molecule has 0 aromatic heterocycles. The molecule has 0 aliphatic rings. The zero-order chi connectivity index (χ0) is 7.28. The van der Waals surface area contributed by atoms with Crippen LogP contribution in [0.1, 0.15) is 20.8 Å². The van der Waals surface area contributed by atoms with Gasteiger partial charge in [0.1, 0.15) is 0 Å². The predicted octanol–water partition coefficient (Wildman–Crippen LogP) is 1.89. The Morgan fingerprint density at radius 1 is 1.22 bits per heavy atom. The van der Waals surface area contributed by atoms with Crippen molar-refractivity contribution in [3.05, 3.63) is 23.3 Å². The van der Waals surface area contributed by atoms with Crippen molar-refractivity contribution in [1.29, 1.82) is 0 Å². The third-order valence-corrected chi connectivity index (χ3v) is 0.951. The van der Waals surface area contributed by atoms with Crippen LogP contribution in [0, 0.1) is 0 Å². The van der Waals surface area contributed by atoms with Crippen LogP contribution in [0.2, 0.25) is 0 Å². The molecule has 1 N–H and O–H groups in total. The summed E-state index contributed by atoms with van der Waals surface area (Å²) < 4.78 is 0. The van der Waals surface area contributed by atoms with Gasteiger partial charge < -0.3 is 5.11 Å². The first-order valence-electron chi connectivity index (χ1n) is 3.08. The summed E-state index contributed by atoms with van der Waals surface area (Å²) in [5.74, 6) is 0. The van der Waals surface area contributed by atoms with Gasteiger partial charge in [-0.2, -0.15) is 0 Å². The maximum Gasteiger partial charge on any atom is 0.0642 e. The van der Waals surface area contributed by atoms with Crippen LogP contribution in [0.15, 0.2) is 23.3 Å². The standard InChI is InChI=1S/C8H14O/c1-7(2)4-5-8(3)6-9/h4-5,9H,6H2,1-3H3. The Kier molecular flexibility index (Phi) is 4.06. The first kappa shape index (κ1) is 8.44. The average Bonchev–Trinajstić information content (AvgIpc) is 1.83. The highest BCUT2D eigenvalue weighted by atomic mass is 16.3. The fourth-order valence-electron chi connectivity index (χ4n) is 0.362. The molecule has 0 aliphatic heterocycles. The highest BCUT2D eigenvalue weighted by molar-refractivity contribution is 5.13. The van der Waals surface area contributed by atoms with E-state index in [9.17, 15) is 0 Å². The van der Waals surface area contributed by atoms with E-state index in [0.717, 1.165) is 5.57 Å². The molecule has 1 heteroatoms. The largest absolute Gasteiger partial charge is 0.392 e. The smallest absolute Gasteiger partial charge is 0.0642 e. The zero-order valence-corrected chi connectivity index (χ0v) is 6.31. The van der Waals surface area contributed by atoms with E-state index >= 15 is 0 Å². The summed E-state index contributed by atoms with van der Waals surface area (Å²) in [4.78, 5) is 0.